The van der Waals surface area contributed by atoms with Crippen LogP contribution in [0, 0.1) is 29.4 Å². The molecule has 1 aliphatic carbocycles. The number of hydrogen-bond acceptors (Lipinski definition) is 6. The van der Waals surface area contributed by atoms with Gasteiger partial charge in [0.25, 0.3) is 0 Å². The second kappa shape index (κ2) is 13.9. The predicted octanol–water partition coefficient (Wildman–Crippen LogP) is 5.34. The maximum absolute atomic E-state index is 14.4. The van der Waals surface area contributed by atoms with Crippen LogP contribution in [0.15, 0.2) is 53.5 Å². The average Bonchev–Trinajstić information content (AvgIpc) is 3.62. The Morgan fingerprint density at radius 1 is 1.12 bits per heavy atom. The first-order chi connectivity index (χ1) is 24.5. The van der Waals surface area contributed by atoms with Gasteiger partial charge in [-0.3, -0.25) is 13.9 Å². The van der Waals surface area contributed by atoms with Gasteiger partial charge in [0.05, 0.1) is 24.1 Å². The molecule has 3 N–H and O–H groups in total. The highest BCUT2D eigenvalue weighted by molar-refractivity contribution is 5.77. The summed E-state index contributed by atoms with van der Waals surface area (Å²) < 4.78 is 100. The standard InChI is InChI=1S/C35H30F7N7O3/c1-34(2,52)8-7-23-4-5-24(19-3-6-28-45-46-33(51)48(28)16-19)31(43-23)26(11-18-9-21(38)13-22(39)10-18)44-29(50)17-49-27(15-37)30(25-12-20(25)14-36)32(47-49)35(40,41)42/h3-6,9-10,13,16,20,25-26,52H,11-12,14-15,17H2,1-2H3,(H,44,50)(H,46,51)/t20-,25-,26-/m0/s1. The monoisotopic (exact) mass is 729 g/mol. The number of rotatable bonds is 10. The van der Waals surface area contributed by atoms with E-state index in [1.807, 2.05) is 0 Å². The Morgan fingerprint density at radius 3 is 2.48 bits per heavy atom. The summed E-state index contributed by atoms with van der Waals surface area (Å²) in [5, 5.41) is 22.6. The lowest BCUT2D eigenvalue weighted by atomic mass is 9.95. The number of aromatic nitrogens is 6. The van der Waals surface area contributed by atoms with Crippen LogP contribution in [-0.2, 0) is 30.6 Å². The van der Waals surface area contributed by atoms with E-state index >= 15 is 0 Å². The van der Waals surface area contributed by atoms with E-state index in [0.717, 1.165) is 12.1 Å². The molecule has 4 aromatic heterocycles. The summed E-state index contributed by atoms with van der Waals surface area (Å²) in [6, 6.07) is 7.59. The van der Waals surface area contributed by atoms with Gasteiger partial charge in [0.2, 0.25) is 5.91 Å². The number of carbonyl (C=O) groups excluding carboxylic acids is 1. The third-order valence-electron chi connectivity index (χ3n) is 8.45. The Bertz CT molecular complexity index is 2260. The third-order valence-corrected chi connectivity index (χ3v) is 8.45. The molecule has 0 saturated heterocycles. The molecule has 5 aromatic rings. The number of nitrogens with zero attached hydrogens (tertiary/aromatic N) is 5. The van der Waals surface area contributed by atoms with Gasteiger partial charge in [0, 0.05) is 29.0 Å². The zero-order chi connectivity index (χ0) is 37.5. The Hall–Kier alpha value is -5.50. The molecular formula is C35H30F7N7O3. The molecule has 272 valence electrons. The van der Waals surface area contributed by atoms with E-state index in [9.17, 15) is 45.4 Å². The fourth-order valence-electron chi connectivity index (χ4n) is 6.05. The highest BCUT2D eigenvalue weighted by atomic mass is 19.4. The minimum Gasteiger partial charge on any atom is -0.378 e. The second-order valence-corrected chi connectivity index (χ2v) is 13.0. The van der Waals surface area contributed by atoms with E-state index in [1.165, 1.54) is 36.6 Å². The molecule has 0 unspecified atom stereocenters. The van der Waals surface area contributed by atoms with Crippen LogP contribution in [0.1, 0.15) is 66.1 Å². The van der Waals surface area contributed by atoms with Crippen LogP contribution in [0.5, 0.6) is 0 Å². The van der Waals surface area contributed by atoms with Crippen LogP contribution in [-0.4, -0.2) is 52.7 Å². The van der Waals surface area contributed by atoms with Gasteiger partial charge >= 0.3 is 11.9 Å². The van der Waals surface area contributed by atoms with Gasteiger partial charge in [-0.05, 0) is 86.4 Å². The van der Waals surface area contributed by atoms with Crippen molar-refractivity contribution in [2.75, 3.05) is 6.67 Å². The van der Waals surface area contributed by atoms with Crippen molar-refractivity contribution < 1.29 is 40.6 Å². The highest BCUT2D eigenvalue weighted by Gasteiger charge is 2.49. The molecule has 0 bridgehead atoms. The van der Waals surface area contributed by atoms with Crippen LogP contribution in [0.25, 0.3) is 16.8 Å². The van der Waals surface area contributed by atoms with Gasteiger partial charge in [0.1, 0.15) is 36.1 Å². The molecule has 1 fully saturated rings. The zero-order valence-electron chi connectivity index (χ0n) is 27.5. The topological polar surface area (TPSA) is 130 Å². The molecule has 4 heterocycles. The van der Waals surface area contributed by atoms with Gasteiger partial charge < -0.3 is 10.4 Å². The van der Waals surface area contributed by atoms with E-state index in [4.69, 9.17) is 0 Å². The van der Waals surface area contributed by atoms with Gasteiger partial charge in [-0.15, -0.1) is 0 Å². The van der Waals surface area contributed by atoms with E-state index in [1.54, 1.807) is 12.1 Å². The maximum atomic E-state index is 14.4. The number of aliphatic hydroxyl groups is 1. The summed E-state index contributed by atoms with van der Waals surface area (Å²) in [6.07, 6.45) is -3.83. The number of carbonyl (C=O) groups is 1. The number of halogens is 7. The fraction of sp³-hybridized carbons (Fsp3) is 0.343. The smallest absolute Gasteiger partial charge is 0.378 e. The van der Waals surface area contributed by atoms with Crippen LogP contribution in [0.2, 0.25) is 0 Å². The first-order valence-corrected chi connectivity index (χ1v) is 15.9. The molecule has 1 saturated carbocycles. The van der Waals surface area contributed by atoms with E-state index in [2.05, 4.69) is 37.4 Å². The molecule has 52 heavy (non-hydrogen) atoms. The lowest BCUT2D eigenvalue weighted by Gasteiger charge is -2.22. The van der Waals surface area contributed by atoms with Crippen LogP contribution < -0.4 is 11.0 Å². The molecule has 1 amide bonds. The summed E-state index contributed by atoms with van der Waals surface area (Å²) in [6.45, 7) is -0.360. The predicted molar refractivity (Wildman–Crippen MR) is 172 cm³/mol. The molecule has 3 atom stereocenters. The molecule has 1 aliphatic rings. The van der Waals surface area contributed by atoms with Crippen molar-refractivity contribution in [3.63, 3.8) is 0 Å². The average molecular weight is 730 g/mol. The van der Waals surface area contributed by atoms with Crippen LogP contribution in [0.4, 0.5) is 30.7 Å². The molecule has 6 rings (SSSR count). The maximum Gasteiger partial charge on any atom is 0.435 e. The van der Waals surface area contributed by atoms with Crippen molar-refractivity contribution in [3.8, 4) is 23.0 Å². The molecule has 17 heteroatoms. The molecule has 10 nitrogen and oxygen atoms in total. The minimum absolute atomic E-state index is 0.0567. The quantitative estimate of drug-likeness (QED) is 0.132. The Morgan fingerprint density at radius 2 is 1.85 bits per heavy atom. The number of aromatic amines is 1. The number of hydrogen-bond donors (Lipinski definition) is 3. The van der Waals surface area contributed by atoms with Gasteiger partial charge in [-0.25, -0.2) is 32.4 Å². The van der Waals surface area contributed by atoms with Crippen molar-refractivity contribution in [1.82, 2.24) is 34.7 Å². The summed E-state index contributed by atoms with van der Waals surface area (Å²) in [5.41, 5.74) is -3.24. The largest absolute Gasteiger partial charge is 0.435 e. The summed E-state index contributed by atoms with van der Waals surface area (Å²) in [5.74, 6) is 0.874. The van der Waals surface area contributed by atoms with Gasteiger partial charge in [-0.2, -0.15) is 23.4 Å². The van der Waals surface area contributed by atoms with Crippen molar-refractivity contribution in [3.05, 3.63) is 105 Å². The van der Waals surface area contributed by atoms with Crippen LogP contribution >= 0.6 is 0 Å². The number of benzene rings is 1. The van der Waals surface area contributed by atoms with Gasteiger partial charge in [-0.1, -0.05) is 5.92 Å². The Labute approximate surface area is 290 Å². The van der Waals surface area contributed by atoms with Crippen LogP contribution in [0.3, 0.4) is 0 Å². The number of pyridine rings is 2. The van der Waals surface area contributed by atoms with E-state index in [0.29, 0.717) is 21.9 Å². The molecule has 0 radical (unpaired) electrons. The third kappa shape index (κ3) is 7.86. The fourth-order valence-corrected chi connectivity index (χ4v) is 6.05. The van der Waals surface area contributed by atoms with E-state index < -0.39 is 89.7 Å². The number of H-pyrrole nitrogens is 1. The second-order valence-electron chi connectivity index (χ2n) is 13.0. The first-order valence-electron chi connectivity index (χ1n) is 15.9. The van der Waals surface area contributed by atoms with Crippen molar-refractivity contribution in [2.45, 2.75) is 63.6 Å². The molecule has 0 aliphatic heterocycles. The van der Waals surface area contributed by atoms with Crippen molar-refractivity contribution in [2.24, 2.45) is 5.92 Å². The van der Waals surface area contributed by atoms with Gasteiger partial charge in [0.15, 0.2) is 11.3 Å². The van der Waals surface area contributed by atoms with E-state index in [-0.39, 0.29) is 35.4 Å². The number of amides is 1. The number of nitrogens with one attached hydrogen (secondary N) is 2. The Balaban J connectivity index is 1.45. The first kappa shape index (κ1) is 36.3. The molecule has 0 spiro atoms. The van der Waals surface area contributed by atoms with Crippen molar-refractivity contribution >= 4 is 11.6 Å². The SMILES string of the molecule is CC(C)(O)C#Cc1ccc(-c2ccc3n[nH]c(=O)n3c2)c([C@H](Cc2cc(F)cc(F)c2)NC(=O)Cn2nc(C(F)(F)F)c([C@H]3C[C@H]3CF)c2CF)n1. The molecule has 1 aromatic carbocycles. The summed E-state index contributed by atoms with van der Waals surface area (Å²) >= 11 is 0. The number of alkyl halides is 5. The Kier molecular flexibility index (Phi) is 9.71. The normalized spacial score (nSPS) is 16.4. The lowest BCUT2D eigenvalue weighted by molar-refractivity contribution is -0.142. The zero-order valence-corrected chi connectivity index (χ0v) is 27.5. The molecular weight excluding hydrogens is 699 g/mol. The van der Waals surface area contributed by atoms with Crippen molar-refractivity contribution in [1.29, 1.82) is 0 Å². The summed E-state index contributed by atoms with van der Waals surface area (Å²) in [7, 11) is 0. The minimum atomic E-state index is -5.02. The highest BCUT2D eigenvalue weighted by Crippen LogP contribution is 2.52. The lowest BCUT2D eigenvalue weighted by Crippen LogP contribution is -2.34. The number of fused-ring (bicyclic) bond motifs is 1. The summed E-state index contributed by atoms with van der Waals surface area (Å²) in [4.78, 5) is 30.7.